The maximum Gasteiger partial charge on any atom is 0.358 e. The van der Waals surface area contributed by atoms with Crippen LogP contribution in [0.25, 0.3) is 0 Å². The molecule has 2 heterocycles. The molecule has 1 aliphatic heterocycles. The van der Waals surface area contributed by atoms with Crippen molar-refractivity contribution in [3.63, 3.8) is 0 Å². The van der Waals surface area contributed by atoms with Gasteiger partial charge in [-0.25, -0.2) is 9.48 Å². The first-order valence-electron chi connectivity index (χ1n) is 5.02. The molecule has 1 unspecified atom stereocenters. The van der Waals surface area contributed by atoms with Crippen LogP contribution in [0.5, 0.6) is 0 Å². The van der Waals surface area contributed by atoms with Gasteiger partial charge in [0.05, 0.1) is 5.69 Å². The van der Waals surface area contributed by atoms with E-state index >= 15 is 0 Å². The van der Waals surface area contributed by atoms with Crippen LogP contribution in [0.2, 0.25) is 0 Å². The Balaban J connectivity index is 2.11. The molecule has 6 nitrogen and oxygen atoms in total. The third kappa shape index (κ3) is 1.99. The van der Waals surface area contributed by atoms with E-state index in [1.165, 1.54) is 0 Å². The summed E-state index contributed by atoms with van der Waals surface area (Å²) >= 11 is 0. The maximum absolute atomic E-state index is 10.7. The topological polar surface area (TPSA) is 80.0 Å². The second-order valence-corrected chi connectivity index (χ2v) is 3.87. The van der Waals surface area contributed by atoms with Crippen molar-refractivity contribution in [2.24, 2.45) is 5.92 Å². The Morgan fingerprint density at radius 3 is 3.07 bits per heavy atom. The Hall–Kier alpha value is -1.43. The zero-order valence-corrected chi connectivity index (χ0v) is 8.60. The van der Waals surface area contributed by atoms with Crippen molar-refractivity contribution in [2.75, 3.05) is 13.1 Å². The van der Waals surface area contributed by atoms with Gasteiger partial charge < -0.3 is 10.4 Å². The molecule has 1 aromatic heterocycles. The molecule has 6 heteroatoms. The van der Waals surface area contributed by atoms with E-state index in [-0.39, 0.29) is 5.69 Å². The standard InChI is InChI=1S/C9H14N4O2/c1-6-8(9(14)15)11-12-13(6)5-7-2-3-10-4-7/h7,10H,2-5H2,1H3,(H,14,15). The monoisotopic (exact) mass is 210 g/mol. The van der Waals surface area contributed by atoms with Crippen LogP contribution in [0.3, 0.4) is 0 Å². The van der Waals surface area contributed by atoms with Crippen molar-refractivity contribution in [1.82, 2.24) is 20.3 Å². The van der Waals surface area contributed by atoms with Gasteiger partial charge >= 0.3 is 5.97 Å². The Morgan fingerprint density at radius 1 is 1.73 bits per heavy atom. The first-order valence-corrected chi connectivity index (χ1v) is 5.02. The lowest BCUT2D eigenvalue weighted by molar-refractivity contribution is 0.0689. The average molecular weight is 210 g/mol. The van der Waals surface area contributed by atoms with Crippen molar-refractivity contribution in [1.29, 1.82) is 0 Å². The van der Waals surface area contributed by atoms with E-state index < -0.39 is 5.97 Å². The lowest BCUT2D eigenvalue weighted by atomic mass is 10.1. The van der Waals surface area contributed by atoms with Gasteiger partial charge in [-0.05, 0) is 32.4 Å². The van der Waals surface area contributed by atoms with E-state index in [1.54, 1.807) is 11.6 Å². The Morgan fingerprint density at radius 2 is 2.53 bits per heavy atom. The summed E-state index contributed by atoms with van der Waals surface area (Å²) in [5.41, 5.74) is 0.690. The Kier molecular flexibility index (Phi) is 2.68. The van der Waals surface area contributed by atoms with Crippen LogP contribution in [-0.2, 0) is 6.54 Å². The molecule has 0 amide bonds. The van der Waals surface area contributed by atoms with Crippen molar-refractivity contribution in [3.8, 4) is 0 Å². The summed E-state index contributed by atoms with van der Waals surface area (Å²) in [6.45, 7) is 4.50. The molecule has 1 atom stereocenters. The highest BCUT2D eigenvalue weighted by atomic mass is 16.4. The molecule has 0 radical (unpaired) electrons. The molecule has 1 aromatic rings. The second-order valence-electron chi connectivity index (χ2n) is 3.87. The minimum atomic E-state index is -1.01. The first-order chi connectivity index (χ1) is 7.18. The number of rotatable bonds is 3. The average Bonchev–Trinajstić information content (AvgIpc) is 2.78. The number of nitrogens with one attached hydrogen (secondary N) is 1. The molecule has 15 heavy (non-hydrogen) atoms. The van der Waals surface area contributed by atoms with Crippen LogP contribution >= 0.6 is 0 Å². The van der Waals surface area contributed by atoms with Gasteiger partial charge in [0.15, 0.2) is 5.69 Å². The van der Waals surface area contributed by atoms with E-state index in [0.29, 0.717) is 11.6 Å². The largest absolute Gasteiger partial charge is 0.476 e. The van der Waals surface area contributed by atoms with Gasteiger partial charge in [-0.2, -0.15) is 0 Å². The summed E-state index contributed by atoms with van der Waals surface area (Å²) in [6, 6.07) is 0. The number of aromatic nitrogens is 3. The quantitative estimate of drug-likeness (QED) is 0.728. The van der Waals surface area contributed by atoms with Gasteiger partial charge in [-0.3, -0.25) is 0 Å². The van der Waals surface area contributed by atoms with Crippen LogP contribution in [0.1, 0.15) is 22.6 Å². The van der Waals surface area contributed by atoms with E-state index in [4.69, 9.17) is 5.11 Å². The van der Waals surface area contributed by atoms with Gasteiger partial charge in [-0.1, -0.05) is 5.21 Å². The van der Waals surface area contributed by atoms with Crippen LogP contribution in [-0.4, -0.2) is 39.2 Å². The number of hydrogen-bond donors (Lipinski definition) is 2. The van der Waals surface area contributed by atoms with Gasteiger partial charge in [0.25, 0.3) is 0 Å². The highest BCUT2D eigenvalue weighted by molar-refractivity contribution is 5.86. The van der Waals surface area contributed by atoms with Crippen molar-refractivity contribution in [3.05, 3.63) is 11.4 Å². The van der Waals surface area contributed by atoms with Gasteiger partial charge in [-0.15, -0.1) is 5.10 Å². The van der Waals surface area contributed by atoms with Crippen molar-refractivity contribution < 1.29 is 9.90 Å². The summed E-state index contributed by atoms with van der Waals surface area (Å²) < 4.78 is 1.68. The molecule has 2 rings (SSSR count). The van der Waals surface area contributed by atoms with E-state index in [1.807, 2.05) is 0 Å². The summed E-state index contributed by atoms with van der Waals surface area (Å²) in [7, 11) is 0. The van der Waals surface area contributed by atoms with Gasteiger partial charge in [0, 0.05) is 6.54 Å². The number of carbonyl (C=O) groups is 1. The molecule has 0 bridgehead atoms. The first kappa shape index (κ1) is 10.1. The molecule has 0 aliphatic carbocycles. The summed E-state index contributed by atoms with van der Waals surface area (Å²) in [5.74, 6) is -0.477. The summed E-state index contributed by atoms with van der Waals surface area (Å²) in [5, 5.41) is 19.6. The fourth-order valence-corrected chi connectivity index (χ4v) is 1.85. The number of aromatic carboxylic acids is 1. The second kappa shape index (κ2) is 3.98. The lowest BCUT2D eigenvalue weighted by Crippen LogP contribution is -2.16. The smallest absolute Gasteiger partial charge is 0.358 e. The van der Waals surface area contributed by atoms with E-state index in [0.717, 1.165) is 26.1 Å². The minimum absolute atomic E-state index is 0.0564. The third-order valence-corrected chi connectivity index (χ3v) is 2.78. The SMILES string of the molecule is Cc1c(C(=O)O)nnn1CC1CCNC1. The lowest BCUT2D eigenvalue weighted by Gasteiger charge is -2.08. The normalized spacial score (nSPS) is 20.7. The zero-order chi connectivity index (χ0) is 10.8. The fraction of sp³-hybridized carbons (Fsp3) is 0.667. The van der Waals surface area contributed by atoms with E-state index in [2.05, 4.69) is 15.6 Å². The molecule has 0 saturated carbocycles. The molecule has 2 N–H and O–H groups in total. The molecular formula is C9H14N4O2. The molecule has 1 fully saturated rings. The summed E-state index contributed by atoms with van der Waals surface area (Å²) in [6.07, 6.45) is 1.11. The van der Waals surface area contributed by atoms with Crippen molar-refractivity contribution in [2.45, 2.75) is 19.9 Å². The predicted molar refractivity (Wildman–Crippen MR) is 52.7 cm³/mol. The summed E-state index contributed by atoms with van der Waals surface area (Å²) in [4.78, 5) is 10.7. The number of nitrogens with zero attached hydrogens (tertiary/aromatic N) is 3. The number of carboxylic acids is 1. The van der Waals surface area contributed by atoms with Crippen LogP contribution in [0, 0.1) is 12.8 Å². The Labute approximate surface area is 87.3 Å². The molecule has 0 spiro atoms. The van der Waals surface area contributed by atoms with Crippen LogP contribution < -0.4 is 5.32 Å². The van der Waals surface area contributed by atoms with E-state index in [9.17, 15) is 4.79 Å². The van der Waals surface area contributed by atoms with Gasteiger partial charge in [0.2, 0.25) is 0 Å². The third-order valence-electron chi connectivity index (χ3n) is 2.78. The number of hydrogen-bond acceptors (Lipinski definition) is 4. The fourth-order valence-electron chi connectivity index (χ4n) is 1.85. The zero-order valence-electron chi connectivity index (χ0n) is 8.60. The van der Waals surface area contributed by atoms with Crippen molar-refractivity contribution >= 4 is 5.97 Å². The number of carboxylic acid groups (broad SMARTS) is 1. The highest BCUT2D eigenvalue weighted by Crippen LogP contribution is 2.12. The van der Waals surface area contributed by atoms with Crippen LogP contribution in [0.4, 0.5) is 0 Å². The van der Waals surface area contributed by atoms with Gasteiger partial charge in [0.1, 0.15) is 0 Å². The molecular weight excluding hydrogens is 196 g/mol. The highest BCUT2D eigenvalue weighted by Gasteiger charge is 2.19. The maximum atomic E-state index is 10.7. The molecule has 1 aliphatic rings. The minimum Gasteiger partial charge on any atom is -0.476 e. The predicted octanol–water partition coefficient (Wildman–Crippen LogP) is -0.106. The molecule has 0 aromatic carbocycles. The van der Waals surface area contributed by atoms with Crippen LogP contribution in [0.15, 0.2) is 0 Å². The Bertz CT molecular complexity index is 368. The molecule has 82 valence electrons. The molecule has 1 saturated heterocycles.